The molecule has 2 saturated heterocycles. The first kappa shape index (κ1) is 21.9. The number of amides is 2. The van der Waals surface area contributed by atoms with E-state index < -0.39 is 16.1 Å². The highest BCUT2D eigenvalue weighted by atomic mass is 32.2. The van der Waals surface area contributed by atoms with Crippen molar-refractivity contribution in [2.75, 3.05) is 45.1 Å². The van der Waals surface area contributed by atoms with Crippen LogP contribution in [0.25, 0.3) is 0 Å². The van der Waals surface area contributed by atoms with Gasteiger partial charge in [-0.3, -0.25) is 9.59 Å². The minimum Gasteiger partial charge on any atom is -0.326 e. The highest BCUT2D eigenvalue weighted by Gasteiger charge is 2.35. The Bertz CT molecular complexity index is 1050. The highest BCUT2D eigenvalue weighted by Crippen LogP contribution is 2.25. The van der Waals surface area contributed by atoms with E-state index in [0.717, 1.165) is 6.42 Å². The van der Waals surface area contributed by atoms with Crippen molar-refractivity contribution in [2.45, 2.75) is 23.8 Å². The third kappa shape index (κ3) is 4.67. The smallest absolute Gasteiger partial charge is 0.264 e. The predicted molar refractivity (Wildman–Crippen MR) is 120 cm³/mol. The van der Waals surface area contributed by atoms with Crippen LogP contribution >= 0.6 is 11.3 Å². The molecular formula is C21H26N4O4S2. The average Bonchev–Trinajstić information content (AvgIpc) is 3.46. The molecule has 3 heterocycles. The topological polar surface area (TPSA) is 90.0 Å². The van der Waals surface area contributed by atoms with Crippen LogP contribution in [0.2, 0.25) is 0 Å². The molecule has 0 unspecified atom stereocenters. The molecule has 2 aromatic rings. The van der Waals surface area contributed by atoms with Crippen LogP contribution in [0.5, 0.6) is 0 Å². The first-order valence-electron chi connectivity index (χ1n) is 10.3. The quantitative estimate of drug-likeness (QED) is 0.733. The van der Waals surface area contributed by atoms with Gasteiger partial charge in [0.1, 0.15) is 6.04 Å². The molecule has 1 atom stereocenters. The van der Waals surface area contributed by atoms with Gasteiger partial charge in [0.05, 0.1) is 9.77 Å². The van der Waals surface area contributed by atoms with Crippen molar-refractivity contribution in [3.63, 3.8) is 0 Å². The van der Waals surface area contributed by atoms with Gasteiger partial charge < -0.3 is 15.1 Å². The normalized spacial score (nSPS) is 20.7. The van der Waals surface area contributed by atoms with Crippen molar-refractivity contribution in [3.8, 4) is 0 Å². The maximum absolute atomic E-state index is 13.0. The third-order valence-corrected chi connectivity index (χ3v) is 8.50. The molecule has 4 rings (SSSR count). The number of anilines is 1. The Morgan fingerprint density at radius 3 is 2.55 bits per heavy atom. The van der Waals surface area contributed by atoms with E-state index in [1.807, 2.05) is 18.5 Å². The van der Waals surface area contributed by atoms with Gasteiger partial charge in [0, 0.05) is 38.4 Å². The monoisotopic (exact) mass is 462 g/mol. The lowest BCUT2D eigenvalue weighted by Gasteiger charge is -2.31. The van der Waals surface area contributed by atoms with Crippen molar-refractivity contribution in [3.05, 3.63) is 46.7 Å². The maximum atomic E-state index is 13.0. The lowest BCUT2D eigenvalue weighted by molar-refractivity contribution is -0.119. The van der Waals surface area contributed by atoms with Crippen LogP contribution < -0.4 is 5.32 Å². The number of thiophene rings is 1. The van der Waals surface area contributed by atoms with Crippen molar-refractivity contribution < 1.29 is 18.0 Å². The first-order valence-corrected chi connectivity index (χ1v) is 12.6. The fourth-order valence-electron chi connectivity index (χ4n) is 3.96. The standard InChI is InChI=1S/C21H26N4O4S2/c1-23-10-12-24(13-11-23)31(28,29)17-6-2-5-16(15-17)22-20(26)18-7-3-9-25(18)21(27)19-8-4-14-30-19/h2,4-6,8,14-15,18H,3,7,9-13H2,1H3,(H,22,26)/t18-/m0/s1. The van der Waals surface area contributed by atoms with Gasteiger partial charge in [-0.25, -0.2) is 8.42 Å². The molecule has 2 aliphatic heterocycles. The highest BCUT2D eigenvalue weighted by molar-refractivity contribution is 7.89. The second-order valence-corrected chi connectivity index (χ2v) is 10.7. The number of likely N-dealkylation sites (tertiary alicyclic amines) is 1. The first-order chi connectivity index (χ1) is 14.9. The number of rotatable bonds is 5. The van der Waals surface area contributed by atoms with Gasteiger partial charge in [0.2, 0.25) is 15.9 Å². The summed E-state index contributed by atoms with van der Waals surface area (Å²) in [5.41, 5.74) is 0.413. The SMILES string of the molecule is CN1CCN(S(=O)(=O)c2cccc(NC(=O)[C@@H]3CCCN3C(=O)c3cccs3)c2)CC1. The number of nitrogens with zero attached hydrogens (tertiary/aromatic N) is 3. The zero-order chi connectivity index (χ0) is 22.0. The summed E-state index contributed by atoms with van der Waals surface area (Å²) in [6.45, 7) is 2.79. The third-order valence-electron chi connectivity index (χ3n) is 5.75. The van der Waals surface area contributed by atoms with Crippen LogP contribution in [0.15, 0.2) is 46.7 Å². The van der Waals surface area contributed by atoms with Crippen molar-refractivity contribution in [2.24, 2.45) is 0 Å². The molecule has 0 saturated carbocycles. The van der Waals surface area contributed by atoms with E-state index in [1.54, 1.807) is 29.2 Å². The summed E-state index contributed by atoms with van der Waals surface area (Å²) in [6.07, 6.45) is 1.34. The Labute approximate surface area is 186 Å². The van der Waals surface area contributed by atoms with Crippen molar-refractivity contribution in [1.29, 1.82) is 0 Å². The number of hydrogen-bond donors (Lipinski definition) is 1. The summed E-state index contributed by atoms with van der Waals surface area (Å²) in [7, 11) is -1.66. The minimum atomic E-state index is -3.62. The molecule has 0 bridgehead atoms. The summed E-state index contributed by atoms with van der Waals surface area (Å²) in [5.74, 6) is -0.435. The Balaban J connectivity index is 1.47. The van der Waals surface area contributed by atoms with E-state index in [4.69, 9.17) is 0 Å². The van der Waals surface area contributed by atoms with Gasteiger partial charge in [0.25, 0.3) is 5.91 Å². The number of piperazine rings is 1. The molecule has 0 radical (unpaired) electrons. The van der Waals surface area contributed by atoms with Gasteiger partial charge in [-0.1, -0.05) is 12.1 Å². The second-order valence-electron chi connectivity index (χ2n) is 7.86. The van der Waals surface area contributed by atoms with Gasteiger partial charge in [-0.2, -0.15) is 4.31 Å². The van der Waals surface area contributed by atoms with Crippen molar-refractivity contribution in [1.82, 2.24) is 14.1 Å². The molecule has 2 fully saturated rings. The predicted octanol–water partition coefficient (Wildman–Crippen LogP) is 1.93. The molecule has 10 heteroatoms. The second kappa shape index (κ2) is 9.07. The van der Waals surface area contributed by atoms with Gasteiger partial charge in [0.15, 0.2) is 0 Å². The Morgan fingerprint density at radius 1 is 1.06 bits per heavy atom. The van der Waals surface area contributed by atoms with E-state index in [2.05, 4.69) is 10.2 Å². The number of sulfonamides is 1. The fourth-order valence-corrected chi connectivity index (χ4v) is 6.11. The number of likely N-dealkylation sites (N-methyl/N-ethyl adjacent to an activating group) is 1. The number of hydrogen-bond acceptors (Lipinski definition) is 6. The van der Waals surface area contributed by atoms with E-state index in [0.29, 0.717) is 49.7 Å². The van der Waals surface area contributed by atoms with Crippen LogP contribution in [-0.4, -0.2) is 80.2 Å². The number of benzene rings is 1. The number of nitrogens with one attached hydrogen (secondary N) is 1. The molecule has 8 nitrogen and oxygen atoms in total. The summed E-state index contributed by atoms with van der Waals surface area (Å²) in [5, 5.41) is 4.65. The summed E-state index contributed by atoms with van der Waals surface area (Å²) in [6, 6.07) is 9.34. The maximum Gasteiger partial charge on any atom is 0.264 e. The van der Waals surface area contributed by atoms with E-state index in [-0.39, 0.29) is 16.7 Å². The van der Waals surface area contributed by atoms with Gasteiger partial charge in [-0.05, 0) is 49.5 Å². The van der Waals surface area contributed by atoms with Crippen LogP contribution in [0.1, 0.15) is 22.5 Å². The largest absolute Gasteiger partial charge is 0.326 e. The van der Waals surface area contributed by atoms with E-state index in [9.17, 15) is 18.0 Å². The Hall–Kier alpha value is -2.27. The summed E-state index contributed by atoms with van der Waals surface area (Å²) < 4.78 is 27.5. The zero-order valence-corrected chi connectivity index (χ0v) is 19.0. The van der Waals surface area contributed by atoms with Gasteiger partial charge >= 0.3 is 0 Å². The van der Waals surface area contributed by atoms with E-state index in [1.165, 1.54) is 21.7 Å². The molecule has 2 aliphatic rings. The molecular weight excluding hydrogens is 436 g/mol. The number of carbonyl (C=O) groups excluding carboxylic acids is 2. The Morgan fingerprint density at radius 2 is 1.84 bits per heavy atom. The summed E-state index contributed by atoms with van der Waals surface area (Å²) in [4.78, 5) is 30.1. The molecule has 166 valence electrons. The average molecular weight is 463 g/mol. The molecule has 1 aromatic carbocycles. The molecule has 2 amide bonds. The van der Waals surface area contributed by atoms with Crippen LogP contribution in [-0.2, 0) is 14.8 Å². The molecule has 1 N–H and O–H groups in total. The lowest BCUT2D eigenvalue weighted by atomic mass is 10.2. The zero-order valence-electron chi connectivity index (χ0n) is 17.4. The van der Waals surface area contributed by atoms with Crippen LogP contribution in [0, 0.1) is 0 Å². The molecule has 0 spiro atoms. The fraction of sp³-hybridized carbons (Fsp3) is 0.429. The minimum absolute atomic E-state index is 0.140. The molecule has 0 aliphatic carbocycles. The van der Waals surface area contributed by atoms with E-state index >= 15 is 0 Å². The van der Waals surface area contributed by atoms with Crippen molar-refractivity contribution >= 4 is 38.9 Å². The summed E-state index contributed by atoms with van der Waals surface area (Å²) >= 11 is 1.36. The van der Waals surface area contributed by atoms with Gasteiger partial charge in [-0.15, -0.1) is 11.3 Å². The van der Waals surface area contributed by atoms with Crippen LogP contribution in [0.3, 0.4) is 0 Å². The Kier molecular flexibility index (Phi) is 6.42. The van der Waals surface area contributed by atoms with Crippen LogP contribution in [0.4, 0.5) is 5.69 Å². The lowest BCUT2D eigenvalue weighted by Crippen LogP contribution is -2.47. The molecule has 31 heavy (non-hydrogen) atoms. The molecule has 1 aromatic heterocycles. The number of carbonyl (C=O) groups is 2.